The Bertz CT molecular complexity index is 1160. The molecule has 0 saturated carbocycles. The largest absolute Gasteiger partial charge is 0.493 e. The second kappa shape index (κ2) is 12.1. The lowest BCUT2D eigenvalue weighted by Crippen LogP contribution is -2.35. The predicted molar refractivity (Wildman–Crippen MR) is 156 cm³/mol. The number of likely N-dealkylation sites (N-methyl/N-ethyl adjacent to an activating group) is 1. The maximum atomic E-state index is 13.0. The lowest BCUT2D eigenvalue weighted by Gasteiger charge is -2.31. The van der Waals surface area contributed by atoms with E-state index in [9.17, 15) is 4.79 Å². The molecule has 0 aromatic heterocycles. The van der Waals surface area contributed by atoms with Crippen molar-refractivity contribution in [3.63, 3.8) is 0 Å². The summed E-state index contributed by atoms with van der Waals surface area (Å²) in [5.41, 5.74) is 5.44. The van der Waals surface area contributed by atoms with Gasteiger partial charge in [-0.25, -0.2) is 0 Å². The van der Waals surface area contributed by atoms with Crippen molar-refractivity contribution in [2.24, 2.45) is 4.99 Å². The van der Waals surface area contributed by atoms with Gasteiger partial charge in [-0.15, -0.1) is 24.8 Å². The maximum absolute atomic E-state index is 13.0. The molecule has 8 heteroatoms. The van der Waals surface area contributed by atoms with Gasteiger partial charge in [0, 0.05) is 41.8 Å². The number of nitrogens with zero attached hydrogens (tertiary/aromatic N) is 2. The zero-order valence-electron chi connectivity index (χ0n) is 23.1. The normalized spacial score (nSPS) is 16.4. The molecular formula is C29H41Cl2N3O3. The van der Waals surface area contributed by atoms with Crippen molar-refractivity contribution in [3.8, 4) is 11.5 Å². The monoisotopic (exact) mass is 549 g/mol. The van der Waals surface area contributed by atoms with Crippen molar-refractivity contribution in [1.82, 2.24) is 10.2 Å². The molecule has 2 aromatic rings. The van der Waals surface area contributed by atoms with E-state index in [0.29, 0.717) is 12.1 Å². The number of carbonyl (C=O) groups excluding carboxylic acids is 1. The average molecular weight is 551 g/mol. The highest BCUT2D eigenvalue weighted by atomic mass is 35.5. The molecule has 6 nitrogen and oxygen atoms in total. The van der Waals surface area contributed by atoms with E-state index in [1.54, 1.807) is 7.11 Å². The number of amides is 1. The van der Waals surface area contributed by atoms with Gasteiger partial charge in [0.15, 0.2) is 11.5 Å². The fraction of sp³-hybridized carbons (Fsp3) is 0.517. The molecule has 0 spiro atoms. The van der Waals surface area contributed by atoms with Crippen LogP contribution in [0.2, 0.25) is 0 Å². The predicted octanol–water partition coefficient (Wildman–Crippen LogP) is 5.50. The van der Waals surface area contributed by atoms with E-state index in [4.69, 9.17) is 14.5 Å². The molecule has 204 valence electrons. The van der Waals surface area contributed by atoms with Gasteiger partial charge in [0.2, 0.25) is 0 Å². The van der Waals surface area contributed by atoms with E-state index in [-0.39, 0.29) is 41.9 Å². The fourth-order valence-electron chi connectivity index (χ4n) is 5.21. The second-order valence-electron chi connectivity index (χ2n) is 10.8. The van der Waals surface area contributed by atoms with Crippen LogP contribution < -0.4 is 14.8 Å². The third kappa shape index (κ3) is 6.60. The van der Waals surface area contributed by atoms with Gasteiger partial charge in [0.1, 0.15) is 5.60 Å². The summed E-state index contributed by atoms with van der Waals surface area (Å²) >= 11 is 0. The average Bonchev–Trinajstić information content (AvgIpc) is 3.14. The van der Waals surface area contributed by atoms with Crippen LogP contribution in [0.3, 0.4) is 0 Å². The van der Waals surface area contributed by atoms with Gasteiger partial charge in [-0.3, -0.25) is 9.79 Å². The molecule has 2 heterocycles. The zero-order chi connectivity index (χ0) is 25.4. The molecule has 0 atom stereocenters. The van der Waals surface area contributed by atoms with Gasteiger partial charge in [0.25, 0.3) is 5.91 Å². The van der Waals surface area contributed by atoms with Crippen molar-refractivity contribution in [2.45, 2.75) is 65.5 Å². The number of hydrogen-bond donors (Lipinski definition) is 1. The van der Waals surface area contributed by atoms with E-state index >= 15 is 0 Å². The topological polar surface area (TPSA) is 63.2 Å². The molecule has 0 unspecified atom stereocenters. The van der Waals surface area contributed by atoms with E-state index in [2.05, 4.69) is 57.8 Å². The molecule has 0 radical (unpaired) electrons. The van der Waals surface area contributed by atoms with Crippen LogP contribution in [0.4, 0.5) is 0 Å². The Labute approximate surface area is 234 Å². The van der Waals surface area contributed by atoms with Crippen molar-refractivity contribution in [2.75, 3.05) is 33.3 Å². The summed E-state index contributed by atoms with van der Waals surface area (Å²) in [5.74, 6) is 1.54. The van der Waals surface area contributed by atoms with Gasteiger partial charge in [0.05, 0.1) is 18.4 Å². The Kier molecular flexibility index (Phi) is 10.1. The molecule has 37 heavy (non-hydrogen) atoms. The zero-order valence-corrected chi connectivity index (χ0v) is 24.7. The van der Waals surface area contributed by atoms with Crippen LogP contribution in [0.1, 0.15) is 74.2 Å². The summed E-state index contributed by atoms with van der Waals surface area (Å²) < 4.78 is 12.0. The Morgan fingerprint density at radius 1 is 1.11 bits per heavy atom. The van der Waals surface area contributed by atoms with Crippen molar-refractivity contribution < 1.29 is 14.3 Å². The minimum Gasteiger partial charge on any atom is -0.493 e. The Morgan fingerprint density at radius 2 is 1.81 bits per heavy atom. The first-order valence-corrected chi connectivity index (χ1v) is 12.7. The molecule has 2 aliphatic rings. The highest BCUT2D eigenvalue weighted by molar-refractivity contribution is 6.16. The van der Waals surface area contributed by atoms with Gasteiger partial charge in [-0.05, 0) is 71.0 Å². The number of rotatable bonds is 8. The highest BCUT2D eigenvalue weighted by Gasteiger charge is 2.39. The number of hydrogen-bond acceptors (Lipinski definition) is 5. The van der Waals surface area contributed by atoms with Crippen LogP contribution in [-0.2, 0) is 12.8 Å². The van der Waals surface area contributed by atoms with Gasteiger partial charge in [-0.1, -0.05) is 26.0 Å². The number of benzene rings is 2. The molecule has 0 aliphatic carbocycles. The third-order valence-corrected chi connectivity index (χ3v) is 6.91. The van der Waals surface area contributed by atoms with Crippen LogP contribution in [0, 0.1) is 0 Å². The first kappa shape index (κ1) is 30.9. The first-order valence-electron chi connectivity index (χ1n) is 12.7. The molecule has 0 saturated heterocycles. The summed E-state index contributed by atoms with van der Waals surface area (Å²) in [4.78, 5) is 20.5. The minimum absolute atomic E-state index is 0. The van der Waals surface area contributed by atoms with Crippen LogP contribution >= 0.6 is 24.8 Å². The number of methoxy groups -OCH3 is 1. The number of nitrogens with one attached hydrogen (secondary N) is 1. The summed E-state index contributed by atoms with van der Waals surface area (Å²) in [5, 5.41) is 3.07. The molecular weight excluding hydrogens is 509 g/mol. The first-order chi connectivity index (χ1) is 16.6. The van der Waals surface area contributed by atoms with Crippen LogP contribution in [-0.4, -0.2) is 60.9 Å². The molecule has 4 rings (SSSR count). The van der Waals surface area contributed by atoms with Crippen molar-refractivity contribution in [1.29, 1.82) is 0 Å². The molecule has 0 fully saturated rings. The van der Waals surface area contributed by atoms with Gasteiger partial charge in [-0.2, -0.15) is 0 Å². The number of fused-ring (bicyclic) bond motifs is 3. The molecule has 1 N–H and O–H groups in total. The Hall–Kier alpha value is -2.28. The third-order valence-electron chi connectivity index (χ3n) is 6.91. The van der Waals surface area contributed by atoms with Gasteiger partial charge < -0.3 is 19.7 Å². The van der Waals surface area contributed by atoms with Crippen molar-refractivity contribution in [3.05, 3.63) is 58.1 Å². The lowest BCUT2D eigenvalue weighted by molar-refractivity contribution is 0.0949. The molecule has 1 amide bonds. The number of ether oxygens (including phenoxy) is 2. The van der Waals surface area contributed by atoms with Crippen LogP contribution in [0.25, 0.3) is 0 Å². The fourth-order valence-corrected chi connectivity index (χ4v) is 5.21. The van der Waals surface area contributed by atoms with E-state index in [0.717, 1.165) is 66.4 Å². The van der Waals surface area contributed by atoms with Gasteiger partial charge >= 0.3 is 0 Å². The number of carbonyl (C=O) groups is 1. The van der Waals surface area contributed by atoms with E-state index in [1.807, 2.05) is 24.3 Å². The second-order valence-corrected chi connectivity index (χ2v) is 10.8. The number of halogens is 2. The lowest BCUT2D eigenvalue weighted by atomic mass is 9.80. The van der Waals surface area contributed by atoms with E-state index in [1.165, 1.54) is 5.56 Å². The smallest absolute Gasteiger partial charge is 0.251 e. The minimum atomic E-state index is -0.310. The van der Waals surface area contributed by atoms with E-state index < -0.39 is 0 Å². The Morgan fingerprint density at radius 3 is 2.46 bits per heavy atom. The Balaban J connectivity index is 0.00000241. The summed E-state index contributed by atoms with van der Waals surface area (Å²) in [6.07, 6.45) is 1.61. The SMILES string of the molecule is CCN(CC)CCNC(=O)c1cccc(C2=NC(C)(C)Cc3cc(OC)c4c(c32)CC(C)(C)O4)c1.Cl.Cl. The standard InChI is InChI=1S/C29H39N3O3.2ClH/c1-8-32(9-2)14-13-30-27(33)20-12-10-11-19(15-20)25-24-21(17-28(3,4)31-25)16-23(34-7)26-22(24)18-29(5,6)35-26;;/h10-12,15-16H,8-9,13-14,17-18H2,1-7H3,(H,30,33);2*1H. The molecule has 2 aliphatic heterocycles. The van der Waals surface area contributed by atoms with Crippen LogP contribution in [0.15, 0.2) is 35.3 Å². The summed E-state index contributed by atoms with van der Waals surface area (Å²) in [6, 6.07) is 9.94. The summed E-state index contributed by atoms with van der Waals surface area (Å²) in [6.45, 7) is 16.2. The quantitative estimate of drug-likeness (QED) is 0.472. The molecule has 2 aromatic carbocycles. The van der Waals surface area contributed by atoms with Crippen molar-refractivity contribution >= 4 is 36.4 Å². The highest BCUT2D eigenvalue weighted by Crippen LogP contribution is 2.47. The molecule has 0 bridgehead atoms. The maximum Gasteiger partial charge on any atom is 0.251 e. The number of aliphatic imine (C=N–C) groups is 1. The summed E-state index contributed by atoms with van der Waals surface area (Å²) in [7, 11) is 1.70. The van der Waals surface area contributed by atoms with Crippen LogP contribution in [0.5, 0.6) is 11.5 Å².